The van der Waals surface area contributed by atoms with Gasteiger partial charge in [0.15, 0.2) is 17.4 Å². The van der Waals surface area contributed by atoms with Crippen molar-refractivity contribution < 1.29 is 23.8 Å². The lowest BCUT2D eigenvalue weighted by molar-refractivity contribution is -0.166. The van der Waals surface area contributed by atoms with Gasteiger partial charge in [-0.15, -0.1) is 0 Å². The summed E-state index contributed by atoms with van der Waals surface area (Å²) in [5, 5.41) is 4.56. The first-order chi connectivity index (χ1) is 15.9. The minimum Gasteiger partial charge on any atom is -0.464 e. The summed E-state index contributed by atoms with van der Waals surface area (Å²) in [6.07, 6.45) is 0.967. The number of rotatable bonds is 7. The van der Waals surface area contributed by atoms with Crippen LogP contribution in [-0.2, 0) is 19.0 Å². The first kappa shape index (κ1) is 25.9. The van der Waals surface area contributed by atoms with Gasteiger partial charge in [-0.2, -0.15) is 9.61 Å². The van der Waals surface area contributed by atoms with Crippen LogP contribution in [0.5, 0.6) is 0 Å². The first-order valence-corrected chi connectivity index (χ1v) is 12.0. The maximum Gasteiger partial charge on any atom is 0.358 e. The van der Waals surface area contributed by atoms with Gasteiger partial charge in [0.2, 0.25) is 0 Å². The Kier molecular flexibility index (Phi) is 7.55. The van der Waals surface area contributed by atoms with Crippen molar-refractivity contribution in [2.45, 2.75) is 79.9 Å². The van der Waals surface area contributed by atoms with E-state index >= 15 is 0 Å². The van der Waals surface area contributed by atoms with Crippen molar-refractivity contribution in [3.05, 3.63) is 23.0 Å². The topological polar surface area (TPSA) is 95.3 Å². The number of anilines is 1. The molecule has 0 amide bonds. The lowest BCUT2D eigenvalue weighted by Crippen LogP contribution is -2.40. The Hall–Kier alpha value is -2.68. The summed E-state index contributed by atoms with van der Waals surface area (Å²) in [4.78, 5) is 32.5. The van der Waals surface area contributed by atoms with E-state index in [0.717, 1.165) is 25.9 Å². The molecule has 1 aliphatic heterocycles. The molecule has 0 bridgehead atoms. The van der Waals surface area contributed by atoms with E-state index in [-0.39, 0.29) is 24.3 Å². The number of carbonyl (C=O) groups is 2. The maximum atomic E-state index is 13.1. The number of piperidine rings is 1. The molecule has 2 aromatic heterocycles. The number of hydrogen-bond donors (Lipinski definition) is 0. The molecule has 2 aromatic rings. The van der Waals surface area contributed by atoms with Crippen LogP contribution in [-0.4, -0.2) is 58.4 Å². The van der Waals surface area contributed by atoms with Crippen molar-refractivity contribution in [2.75, 3.05) is 31.2 Å². The number of carbonyl (C=O) groups excluding carboxylic acids is 2. The molecule has 1 aliphatic rings. The van der Waals surface area contributed by atoms with E-state index in [2.05, 4.69) is 23.8 Å². The molecule has 0 saturated carbocycles. The van der Waals surface area contributed by atoms with Crippen molar-refractivity contribution in [1.82, 2.24) is 14.6 Å². The fourth-order valence-corrected chi connectivity index (χ4v) is 4.15. The molecule has 0 N–H and O–H groups in total. The van der Waals surface area contributed by atoms with Gasteiger partial charge in [0.05, 0.1) is 24.4 Å². The molecule has 188 valence electrons. The second-order valence-electron chi connectivity index (χ2n) is 10.5. The van der Waals surface area contributed by atoms with Crippen molar-refractivity contribution >= 4 is 23.4 Å². The Morgan fingerprint density at radius 2 is 1.74 bits per heavy atom. The van der Waals surface area contributed by atoms with Gasteiger partial charge in [0, 0.05) is 24.8 Å². The zero-order valence-electron chi connectivity index (χ0n) is 21.7. The molecular weight excluding hydrogens is 436 g/mol. The van der Waals surface area contributed by atoms with E-state index in [1.165, 1.54) is 0 Å². The van der Waals surface area contributed by atoms with Crippen LogP contribution in [0.15, 0.2) is 6.07 Å². The fourth-order valence-electron chi connectivity index (χ4n) is 4.15. The highest BCUT2D eigenvalue weighted by Crippen LogP contribution is 2.39. The van der Waals surface area contributed by atoms with Crippen LogP contribution >= 0.6 is 0 Å². The fraction of sp³-hybridized carbons (Fsp3) is 0.680. The molecular formula is C25H38N4O5. The third-order valence-electron chi connectivity index (χ3n) is 5.94. The predicted octanol–water partition coefficient (Wildman–Crippen LogP) is 4.26. The molecule has 3 heterocycles. The van der Waals surface area contributed by atoms with E-state index < -0.39 is 23.6 Å². The predicted molar refractivity (Wildman–Crippen MR) is 129 cm³/mol. The van der Waals surface area contributed by atoms with Gasteiger partial charge >= 0.3 is 11.9 Å². The highest BCUT2D eigenvalue weighted by Gasteiger charge is 2.37. The summed E-state index contributed by atoms with van der Waals surface area (Å²) in [6.45, 7) is 17.6. The van der Waals surface area contributed by atoms with Crippen molar-refractivity contribution in [3.8, 4) is 0 Å². The van der Waals surface area contributed by atoms with Gasteiger partial charge < -0.3 is 19.1 Å². The van der Waals surface area contributed by atoms with Crippen LogP contribution in [0.25, 0.3) is 5.65 Å². The molecule has 0 spiro atoms. The second-order valence-corrected chi connectivity index (χ2v) is 10.5. The van der Waals surface area contributed by atoms with Gasteiger partial charge in [-0.05, 0) is 59.8 Å². The van der Waals surface area contributed by atoms with Gasteiger partial charge in [-0.3, -0.25) is 0 Å². The van der Waals surface area contributed by atoms with Crippen molar-refractivity contribution in [1.29, 1.82) is 0 Å². The second kappa shape index (κ2) is 9.90. The number of aryl methyl sites for hydroxylation is 1. The number of fused-ring (bicyclic) bond motifs is 1. The summed E-state index contributed by atoms with van der Waals surface area (Å²) < 4.78 is 18.5. The molecule has 3 rings (SSSR count). The number of nitrogens with zero attached hydrogens (tertiary/aromatic N) is 4. The number of ether oxygens (including phenoxy) is 3. The van der Waals surface area contributed by atoms with Crippen molar-refractivity contribution in [3.63, 3.8) is 0 Å². The maximum absolute atomic E-state index is 13.1. The quantitative estimate of drug-likeness (QED) is 0.550. The van der Waals surface area contributed by atoms with E-state index in [1.54, 1.807) is 24.4 Å². The highest BCUT2D eigenvalue weighted by atomic mass is 16.6. The number of aromatic nitrogens is 3. The zero-order chi connectivity index (χ0) is 25.3. The molecule has 1 fully saturated rings. The summed E-state index contributed by atoms with van der Waals surface area (Å²) in [5.41, 5.74) is 1.54. The SMILES string of the molecule is CCOC(=O)c1cc2nc(C)c([C@H](OC(C)(C)C)C(=O)OCC)c(N3CCC(C)(C)CC3)n2n1. The molecule has 0 aromatic carbocycles. The minimum absolute atomic E-state index is 0.175. The van der Waals surface area contributed by atoms with Crippen LogP contribution in [0.1, 0.15) is 89.2 Å². The molecule has 0 unspecified atom stereocenters. The van der Waals surface area contributed by atoms with Gasteiger partial charge in [0.1, 0.15) is 5.82 Å². The Balaban J connectivity index is 2.25. The average molecular weight is 475 g/mol. The lowest BCUT2D eigenvalue weighted by Gasteiger charge is -2.39. The van der Waals surface area contributed by atoms with E-state index in [1.807, 2.05) is 27.7 Å². The Labute approximate surface area is 201 Å². The zero-order valence-corrected chi connectivity index (χ0v) is 21.7. The average Bonchev–Trinajstić information content (AvgIpc) is 3.15. The lowest BCUT2D eigenvalue weighted by atomic mass is 9.82. The monoisotopic (exact) mass is 474 g/mol. The van der Waals surface area contributed by atoms with Crippen LogP contribution in [0, 0.1) is 12.3 Å². The Bertz CT molecular complexity index is 1040. The normalized spacial score (nSPS) is 17.0. The molecule has 1 atom stereocenters. The van der Waals surface area contributed by atoms with Crippen molar-refractivity contribution in [2.24, 2.45) is 5.41 Å². The van der Waals surface area contributed by atoms with Crippen LogP contribution in [0.3, 0.4) is 0 Å². The van der Waals surface area contributed by atoms with Gasteiger partial charge in [0.25, 0.3) is 0 Å². The summed E-state index contributed by atoms with van der Waals surface area (Å²) in [7, 11) is 0. The molecule has 34 heavy (non-hydrogen) atoms. The summed E-state index contributed by atoms with van der Waals surface area (Å²) >= 11 is 0. The van der Waals surface area contributed by atoms with E-state index in [4.69, 9.17) is 19.2 Å². The van der Waals surface area contributed by atoms with Crippen LogP contribution in [0.2, 0.25) is 0 Å². The number of esters is 2. The van der Waals surface area contributed by atoms with E-state index in [0.29, 0.717) is 22.7 Å². The van der Waals surface area contributed by atoms with Crippen LogP contribution < -0.4 is 4.90 Å². The smallest absolute Gasteiger partial charge is 0.358 e. The third-order valence-corrected chi connectivity index (χ3v) is 5.94. The summed E-state index contributed by atoms with van der Waals surface area (Å²) in [5.74, 6) is -0.278. The number of hydrogen-bond acceptors (Lipinski definition) is 8. The Morgan fingerprint density at radius 3 is 2.29 bits per heavy atom. The largest absolute Gasteiger partial charge is 0.464 e. The third kappa shape index (κ3) is 5.68. The summed E-state index contributed by atoms with van der Waals surface area (Å²) in [6, 6.07) is 1.62. The molecule has 0 radical (unpaired) electrons. The highest BCUT2D eigenvalue weighted by molar-refractivity contribution is 5.89. The molecule has 1 saturated heterocycles. The van der Waals surface area contributed by atoms with Crippen LogP contribution in [0.4, 0.5) is 5.82 Å². The standard InChI is InChI=1S/C25H38N4O5/c1-9-32-22(30)17-15-18-26-16(3)19(20(23(31)33-10-2)34-24(4,5)6)21(29(18)27-17)28-13-11-25(7,8)12-14-28/h15,20H,9-14H2,1-8H3/t20-/m0/s1. The minimum atomic E-state index is -0.989. The van der Waals surface area contributed by atoms with Gasteiger partial charge in [-0.25, -0.2) is 14.6 Å². The first-order valence-electron chi connectivity index (χ1n) is 12.0. The molecule has 0 aliphatic carbocycles. The van der Waals surface area contributed by atoms with E-state index in [9.17, 15) is 9.59 Å². The Morgan fingerprint density at radius 1 is 1.12 bits per heavy atom. The van der Waals surface area contributed by atoms with Gasteiger partial charge in [-0.1, -0.05) is 13.8 Å². The molecule has 9 nitrogen and oxygen atoms in total. The molecule has 9 heteroatoms.